The molecular formula is C7H7FNO2S. The zero-order valence-electron chi connectivity index (χ0n) is 6.12. The Morgan fingerprint density at radius 3 is 2.75 bits per heavy atom. The van der Waals surface area contributed by atoms with E-state index >= 15 is 0 Å². The lowest BCUT2D eigenvalue weighted by Crippen LogP contribution is -2.13. The molecule has 65 valence electrons. The fourth-order valence-corrected chi connectivity index (χ4v) is 1.17. The Labute approximate surface area is 70.3 Å². The van der Waals surface area contributed by atoms with Crippen molar-refractivity contribution in [2.45, 2.75) is 0 Å². The summed E-state index contributed by atoms with van der Waals surface area (Å²) in [6.07, 6.45) is 0. The van der Waals surface area contributed by atoms with Crippen molar-refractivity contribution in [2.24, 2.45) is 0 Å². The van der Waals surface area contributed by atoms with Crippen molar-refractivity contribution in [3.05, 3.63) is 30.3 Å². The molecule has 1 rings (SSSR count). The van der Waals surface area contributed by atoms with Crippen LogP contribution in [0.15, 0.2) is 24.3 Å². The second-order valence-electron chi connectivity index (χ2n) is 2.10. The molecule has 0 saturated heterocycles. The van der Waals surface area contributed by atoms with Gasteiger partial charge in [0.05, 0.1) is 5.69 Å². The first-order valence-corrected chi connectivity index (χ1v) is 4.82. The van der Waals surface area contributed by atoms with Gasteiger partial charge in [0.15, 0.2) is 0 Å². The fourth-order valence-electron chi connectivity index (χ4n) is 0.652. The first-order chi connectivity index (χ1) is 5.64. The molecule has 5 heteroatoms. The molecule has 0 spiro atoms. The largest absolute Gasteiger partial charge is 0.281 e. The van der Waals surface area contributed by atoms with Crippen LogP contribution in [-0.4, -0.2) is 14.4 Å². The number of benzene rings is 1. The zero-order chi connectivity index (χ0) is 9.03. The zero-order valence-corrected chi connectivity index (χ0v) is 6.94. The minimum absolute atomic E-state index is 0.246. The highest BCUT2D eigenvalue weighted by molar-refractivity contribution is 7.92. The minimum atomic E-state index is -3.82. The van der Waals surface area contributed by atoms with Gasteiger partial charge in [0.1, 0.15) is 0 Å². The van der Waals surface area contributed by atoms with Crippen LogP contribution in [0.5, 0.6) is 0 Å². The molecule has 0 saturated carbocycles. The molecule has 0 aromatic heterocycles. The van der Waals surface area contributed by atoms with E-state index in [4.69, 9.17) is 0 Å². The van der Waals surface area contributed by atoms with E-state index in [0.717, 1.165) is 0 Å². The van der Waals surface area contributed by atoms with Crippen LogP contribution in [0, 0.1) is 6.07 Å². The highest BCUT2D eigenvalue weighted by atomic mass is 32.2. The summed E-state index contributed by atoms with van der Waals surface area (Å²) in [4.78, 5) is 0. The number of nitrogens with one attached hydrogen (secondary N) is 1. The summed E-state index contributed by atoms with van der Waals surface area (Å²) in [5.41, 5.74) is 0.246. The van der Waals surface area contributed by atoms with E-state index < -0.39 is 16.0 Å². The second kappa shape index (κ2) is 3.53. The molecule has 0 heterocycles. The number of hydrogen-bond donors (Lipinski definition) is 1. The monoisotopic (exact) mass is 188 g/mol. The molecule has 0 bridgehead atoms. The summed E-state index contributed by atoms with van der Waals surface area (Å²) >= 11 is 0. The smallest absolute Gasteiger partial charge is 0.262 e. The van der Waals surface area contributed by atoms with Gasteiger partial charge in [-0.1, -0.05) is 18.2 Å². The van der Waals surface area contributed by atoms with E-state index in [1.54, 1.807) is 12.1 Å². The topological polar surface area (TPSA) is 46.2 Å². The van der Waals surface area contributed by atoms with Crippen LogP contribution in [0.4, 0.5) is 10.1 Å². The Balaban J connectivity index is 2.78. The molecule has 1 N–H and O–H groups in total. The lowest BCUT2D eigenvalue weighted by molar-refractivity contribution is 0.538. The number of sulfonamides is 1. The summed E-state index contributed by atoms with van der Waals surface area (Å²) in [5, 5.41) is 0. The number of rotatable bonds is 3. The van der Waals surface area contributed by atoms with E-state index in [2.05, 4.69) is 6.07 Å². The normalized spacial score (nSPS) is 11.1. The summed E-state index contributed by atoms with van der Waals surface area (Å²) in [6.45, 7) is 0. The van der Waals surface area contributed by atoms with Crippen molar-refractivity contribution in [1.82, 2.24) is 0 Å². The molecule has 3 nitrogen and oxygen atoms in total. The van der Waals surface area contributed by atoms with E-state index in [9.17, 15) is 12.8 Å². The first-order valence-electron chi connectivity index (χ1n) is 3.17. The van der Waals surface area contributed by atoms with Crippen molar-refractivity contribution in [2.75, 3.05) is 10.7 Å². The average molecular weight is 188 g/mol. The van der Waals surface area contributed by atoms with Crippen molar-refractivity contribution < 1.29 is 12.8 Å². The standard InChI is InChI=1S/C7H7FNO2S/c8-6-12(10,11)9-7-4-2-1-3-5-7/h1-4,9H,6H2. The van der Waals surface area contributed by atoms with E-state index in [0.29, 0.717) is 0 Å². The van der Waals surface area contributed by atoms with Gasteiger partial charge in [0, 0.05) is 6.07 Å². The highest BCUT2D eigenvalue weighted by Gasteiger charge is 2.07. The third-order valence-corrected chi connectivity index (χ3v) is 1.94. The third kappa shape index (κ3) is 2.50. The molecule has 0 unspecified atom stereocenters. The maximum Gasteiger partial charge on any atom is 0.262 e. The molecule has 1 aromatic carbocycles. The lowest BCUT2D eigenvalue weighted by atomic mass is 10.3. The third-order valence-electron chi connectivity index (χ3n) is 1.12. The number of para-hydroxylation sites is 1. The maximum absolute atomic E-state index is 11.8. The Morgan fingerprint density at radius 1 is 1.50 bits per heavy atom. The number of anilines is 1. The van der Waals surface area contributed by atoms with Crippen LogP contribution in [0.25, 0.3) is 0 Å². The predicted molar refractivity (Wildman–Crippen MR) is 43.8 cm³/mol. The van der Waals surface area contributed by atoms with Gasteiger partial charge in [-0.05, 0) is 6.07 Å². The molecule has 0 amide bonds. The molecule has 12 heavy (non-hydrogen) atoms. The second-order valence-corrected chi connectivity index (χ2v) is 3.75. The maximum atomic E-state index is 11.8. The van der Waals surface area contributed by atoms with Crippen LogP contribution in [0.3, 0.4) is 0 Å². The summed E-state index contributed by atoms with van der Waals surface area (Å²) < 4.78 is 35.1. The van der Waals surface area contributed by atoms with E-state index in [1.165, 1.54) is 12.1 Å². The quantitative estimate of drug-likeness (QED) is 0.773. The van der Waals surface area contributed by atoms with Gasteiger partial charge in [0.2, 0.25) is 6.01 Å². The Bertz CT molecular complexity index is 336. The lowest BCUT2D eigenvalue weighted by Gasteiger charge is -2.02. The molecular weight excluding hydrogens is 181 g/mol. The van der Waals surface area contributed by atoms with Crippen molar-refractivity contribution >= 4 is 15.7 Å². The van der Waals surface area contributed by atoms with E-state index in [1.807, 2.05) is 4.72 Å². The van der Waals surface area contributed by atoms with E-state index in [-0.39, 0.29) is 5.69 Å². The van der Waals surface area contributed by atoms with Crippen molar-refractivity contribution in [3.8, 4) is 0 Å². The number of halogens is 1. The van der Waals surface area contributed by atoms with Crippen molar-refractivity contribution in [3.63, 3.8) is 0 Å². The van der Waals surface area contributed by atoms with Gasteiger partial charge in [0.25, 0.3) is 10.0 Å². The van der Waals surface area contributed by atoms with Crippen LogP contribution in [0.1, 0.15) is 0 Å². The molecule has 0 aliphatic heterocycles. The molecule has 1 aromatic rings. The van der Waals surface area contributed by atoms with Gasteiger partial charge in [-0.15, -0.1) is 0 Å². The van der Waals surface area contributed by atoms with Gasteiger partial charge in [-0.2, -0.15) is 0 Å². The van der Waals surface area contributed by atoms with Crippen LogP contribution >= 0.6 is 0 Å². The number of hydrogen-bond acceptors (Lipinski definition) is 2. The Morgan fingerprint density at radius 2 is 2.25 bits per heavy atom. The summed E-state index contributed by atoms with van der Waals surface area (Å²) in [7, 11) is -3.82. The Hall–Kier alpha value is -1.10. The number of alkyl halides is 1. The summed E-state index contributed by atoms with van der Waals surface area (Å²) in [5.74, 6) is 0. The van der Waals surface area contributed by atoms with Crippen LogP contribution in [0.2, 0.25) is 0 Å². The van der Waals surface area contributed by atoms with Crippen molar-refractivity contribution in [1.29, 1.82) is 0 Å². The fraction of sp³-hybridized carbons (Fsp3) is 0.143. The molecule has 0 atom stereocenters. The minimum Gasteiger partial charge on any atom is -0.281 e. The molecule has 0 aliphatic carbocycles. The summed E-state index contributed by atoms with van der Waals surface area (Å²) in [6, 6.07) is 7.53. The first kappa shape index (κ1) is 8.99. The van der Waals surface area contributed by atoms with Gasteiger partial charge >= 0.3 is 0 Å². The van der Waals surface area contributed by atoms with Gasteiger partial charge in [-0.3, -0.25) is 4.72 Å². The predicted octanol–water partition coefficient (Wildman–Crippen LogP) is 1.16. The molecule has 1 radical (unpaired) electrons. The molecule has 0 fully saturated rings. The van der Waals surface area contributed by atoms with Crippen LogP contribution < -0.4 is 4.72 Å². The Kier molecular flexibility index (Phi) is 2.65. The SMILES string of the molecule is O=S(=O)(CF)Nc1[c]cccc1. The van der Waals surface area contributed by atoms with Gasteiger partial charge < -0.3 is 0 Å². The average Bonchev–Trinajstić information content (AvgIpc) is 2.06. The van der Waals surface area contributed by atoms with Crippen LogP contribution in [-0.2, 0) is 10.0 Å². The highest BCUT2D eigenvalue weighted by Crippen LogP contribution is 2.06. The van der Waals surface area contributed by atoms with Gasteiger partial charge in [-0.25, -0.2) is 12.8 Å². The molecule has 0 aliphatic rings.